The van der Waals surface area contributed by atoms with Crippen molar-refractivity contribution in [3.63, 3.8) is 0 Å². The maximum atomic E-state index is 9.27. The van der Waals surface area contributed by atoms with Crippen LogP contribution in [0.4, 0.5) is 0 Å². The van der Waals surface area contributed by atoms with E-state index in [1.165, 1.54) is 37.0 Å². The maximum absolute atomic E-state index is 9.27. The zero-order valence-electron chi connectivity index (χ0n) is 11.2. The molecule has 0 aromatic carbocycles. The fourth-order valence-corrected chi connectivity index (χ4v) is 3.00. The Labute approximate surface area is 105 Å². The Morgan fingerprint density at radius 1 is 1.53 bits per heavy atom. The molecule has 2 nitrogen and oxygen atoms in total. The molecule has 2 unspecified atom stereocenters. The Balaban J connectivity index is 1.98. The van der Waals surface area contributed by atoms with Crippen molar-refractivity contribution >= 4 is 0 Å². The molecule has 2 aliphatic rings. The monoisotopic (exact) mass is 235 g/mol. The molecule has 2 heterocycles. The van der Waals surface area contributed by atoms with Gasteiger partial charge in [-0.05, 0) is 51.6 Å². The second-order valence-corrected chi connectivity index (χ2v) is 5.58. The summed E-state index contributed by atoms with van der Waals surface area (Å²) in [5.41, 5.74) is 2.97. The van der Waals surface area contributed by atoms with Crippen LogP contribution in [0.25, 0.3) is 0 Å². The standard InChI is InChI=1S/C15H25NO/c1-12-10-14(7-5-6-13(2)17)11-16-9-4-3-8-15(12)16/h7,10,13,15,17H,3-6,8-9,11H2,1-2H3. The molecule has 2 heteroatoms. The summed E-state index contributed by atoms with van der Waals surface area (Å²) in [6, 6.07) is 0.706. The van der Waals surface area contributed by atoms with Crippen molar-refractivity contribution in [1.29, 1.82) is 0 Å². The van der Waals surface area contributed by atoms with E-state index in [1.807, 2.05) is 6.92 Å². The smallest absolute Gasteiger partial charge is 0.0515 e. The number of rotatable bonds is 3. The SMILES string of the molecule is CC1=CC(=CCCC(C)O)CN2CCCCC12. The highest BCUT2D eigenvalue weighted by Gasteiger charge is 2.26. The minimum atomic E-state index is -0.178. The number of fused-ring (bicyclic) bond motifs is 1. The topological polar surface area (TPSA) is 23.5 Å². The molecule has 0 bridgehead atoms. The van der Waals surface area contributed by atoms with Gasteiger partial charge in [0.25, 0.3) is 0 Å². The lowest BCUT2D eigenvalue weighted by Crippen LogP contribution is -2.43. The van der Waals surface area contributed by atoms with Crippen molar-refractivity contribution in [2.45, 2.75) is 58.1 Å². The minimum absolute atomic E-state index is 0.178. The van der Waals surface area contributed by atoms with Crippen molar-refractivity contribution in [3.05, 3.63) is 23.3 Å². The first-order chi connectivity index (χ1) is 8.16. The number of nitrogens with zero attached hydrogens (tertiary/aromatic N) is 1. The summed E-state index contributed by atoms with van der Waals surface area (Å²) >= 11 is 0. The summed E-state index contributed by atoms with van der Waals surface area (Å²) in [5, 5.41) is 9.27. The van der Waals surface area contributed by atoms with E-state index < -0.39 is 0 Å². The van der Waals surface area contributed by atoms with Crippen LogP contribution in [-0.2, 0) is 0 Å². The molecular formula is C15H25NO. The van der Waals surface area contributed by atoms with Gasteiger partial charge >= 0.3 is 0 Å². The summed E-state index contributed by atoms with van der Waals surface area (Å²) in [7, 11) is 0. The summed E-state index contributed by atoms with van der Waals surface area (Å²) in [6.45, 7) is 6.50. The van der Waals surface area contributed by atoms with Gasteiger partial charge in [0, 0.05) is 12.6 Å². The number of hydrogen-bond acceptors (Lipinski definition) is 2. The van der Waals surface area contributed by atoms with Gasteiger partial charge in [0.05, 0.1) is 6.10 Å². The van der Waals surface area contributed by atoms with Gasteiger partial charge in [-0.2, -0.15) is 0 Å². The van der Waals surface area contributed by atoms with Crippen LogP contribution in [0.3, 0.4) is 0 Å². The van der Waals surface area contributed by atoms with Crippen molar-refractivity contribution in [2.75, 3.05) is 13.1 Å². The Morgan fingerprint density at radius 2 is 2.35 bits per heavy atom. The summed E-state index contributed by atoms with van der Waals surface area (Å²) in [6.07, 6.45) is 10.4. The third-order valence-corrected chi connectivity index (χ3v) is 3.93. The second kappa shape index (κ2) is 5.83. The van der Waals surface area contributed by atoms with Gasteiger partial charge in [0.15, 0.2) is 0 Å². The predicted molar refractivity (Wildman–Crippen MR) is 72.0 cm³/mol. The van der Waals surface area contributed by atoms with Gasteiger partial charge < -0.3 is 5.11 Å². The van der Waals surface area contributed by atoms with Crippen LogP contribution in [0, 0.1) is 0 Å². The first-order valence-electron chi connectivity index (χ1n) is 6.96. The molecule has 0 aliphatic carbocycles. The Bertz CT molecular complexity index is 317. The largest absolute Gasteiger partial charge is 0.393 e. The molecular weight excluding hydrogens is 210 g/mol. The van der Waals surface area contributed by atoms with Gasteiger partial charge in [0.2, 0.25) is 0 Å². The molecule has 0 amide bonds. The van der Waals surface area contributed by atoms with E-state index in [-0.39, 0.29) is 6.10 Å². The van der Waals surface area contributed by atoms with E-state index in [4.69, 9.17) is 0 Å². The van der Waals surface area contributed by atoms with Gasteiger partial charge in [-0.3, -0.25) is 4.90 Å². The van der Waals surface area contributed by atoms with Crippen LogP contribution in [0.1, 0.15) is 46.0 Å². The molecule has 0 aromatic heterocycles. The van der Waals surface area contributed by atoms with Crippen molar-refractivity contribution in [2.24, 2.45) is 0 Å². The summed E-state index contributed by atoms with van der Waals surface area (Å²) in [5.74, 6) is 0. The molecule has 0 saturated carbocycles. The van der Waals surface area contributed by atoms with Gasteiger partial charge in [-0.15, -0.1) is 0 Å². The van der Waals surface area contributed by atoms with Crippen molar-refractivity contribution < 1.29 is 5.11 Å². The molecule has 1 N–H and O–H groups in total. The average molecular weight is 235 g/mol. The van der Waals surface area contributed by atoms with Gasteiger partial charge in [0.1, 0.15) is 0 Å². The molecule has 0 spiro atoms. The van der Waals surface area contributed by atoms with Crippen LogP contribution >= 0.6 is 0 Å². The number of aliphatic hydroxyl groups excluding tert-OH is 1. The van der Waals surface area contributed by atoms with Crippen LogP contribution in [0.5, 0.6) is 0 Å². The molecule has 1 saturated heterocycles. The molecule has 17 heavy (non-hydrogen) atoms. The van der Waals surface area contributed by atoms with Crippen LogP contribution in [-0.4, -0.2) is 35.2 Å². The zero-order valence-corrected chi connectivity index (χ0v) is 11.2. The fourth-order valence-electron chi connectivity index (χ4n) is 3.00. The summed E-state index contributed by atoms with van der Waals surface area (Å²) in [4.78, 5) is 2.62. The molecule has 0 aromatic rings. The highest BCUT2D eigenvalue weighted by atomic mass is 16.3. The fraction of sp³-hybridized carbons (Fsp3) is 0.733. The van der Waals surface area contributed by atoms with E-state index in [0.29, 0.717) is 6.04 Å². The second-order valence-electron chi connectivity index (χ2n) is 5.58. The van der Waals surface area contributed by atoms with Gasteiger partial charge in [-0.1, -0.05) is 24.1 Å². The minimum Gasteiger partial charge on any atom is -0.393 e. The third kappa shape index (κ3) is 3.43. The van der Waals surface area contributed by atoms with Crippen molar-refractivity contribution in [3.8, 4) is 0 Å². The zero-order chi connectivity index (χ0) is 12.3. The lowest BCUT2D eigenvalue weighted by Gasteiger charge is -2.40. The van der Waals surface area contributed by atoms with E-state index in [1.54, 1.807) is 0 Å². The van der Waals surface area contributed by atoms with E-state index >= 15 is 0 Å². The van der Waals surface area contributed by atoms with Crippen LogP contribution in [0.15, 0.2) is 23.3 Å². The quantitative estimate of drug-likeness (QED) is 0.813. The van der Waals surface area contributed by atoms with Crippen LogP contribution < -0.4 is 0 Å². The Morgan fingerprint density at radius 3 is 3.12 bits per heavy atom. The van der Waals surface area contributed by atoms with Crippen molar-refractivity contribution in [1.82, 2.24) is 4.90 Å². The Kier molecular flexibility index (Phi) is 4.41. The number of hydrogen-bond donors (Lipinski definition) is 1. The number of allylic oxidation sites excluding steroid dienone is 1. The first kappa shape index (κ1) is 12.8. The average Bonchev–Trinajstić information content (AvgIpc) is 2.28. The highest BCUT2D eigenvalue weighted by Crippen LogP contribution is 2.28. The maximum Gasteiger partial charge on any atom is 0.0515 e. The van der Waals surface area contributed by atoms with E-state index in [9.17, 15) is 5.11 Å². The molecule has 0 radical (unpaired) electrons. The van der Waals surface area contributed by atoms with E-state index in [0.717, 1.165) is 19.4 Å². The lowest BCUT2D eigenvalue weighted by atomic mass is 9.90. The number of aliphatic hydroxyl groups is 1. The van der Waals surface area contributed by atoms with Gasteiger partial charge in [-0.25, -0.2) is 0 Å². The molecule has 96 valence electrons. The van der Waals surface area contributed by atoms with Crippen LogP contribution in [0.2, 0.25) is 0 Å². The normalized spacial score (nSPS) is 29.9. The molecule has 2 atom stereocenters. The molecule has 2 rings (SSSR count). The lowest BCUT2D eigenvalue weighted by molar-refractivity contribution is 0.179. The summed E-state index contributed by atoms with van der Waals surface area (Å²) < 4.78 is 0. The third-order valence-electron chi connectivity index (χ3n) is 3.93. The molecule has 2 aliphatic heterocycles. The Hall–Kier alpha value is -0.600. The van der Waals surface area contributed by atoms with E-state index in [2.05, 4.69) is 24.0 Å². The first-order valence-corrected chi connectivity index (χ1v) is 6.96. The highest BCUT2D eigenvalue weighted by molar-refractivity contribution is 5.31. The predicted octanol–water partition coefficient (Wildman–Crippen LogP) is 2.89. The number of piperidine rings is 1. The molecule has 1 fully saturated rings.